The lowest BCUT2D eigenvalue weighted by Crippen LogP contribution is -2.62. The Morgan fingerprint density at radius 3 is 2.10 bits per heavy atom. The first-order valence-corrected chi connectivity index (χ1v) is 9.40. The van der Waals surface area contributed by atoms with E-state index in [2.05, 4.69) is 26.1 Å². The number of rotatable bonds is 2. The van der Waals surface area contributed by atoms with Crippen LogP contribution in [0, 0.1) is 11.3 Å². The maximum atomic E-state index is 6.88. The van der Waals surface area contributed by atoms with E-state index in [0.717, 1.165) is 19.0 Å². The molecule has 0 aromatic carbocycles. The van der Waals surface area contributed by atoms with E-state index in [4.69, 9.17) is 4.74 Å². The molecule has 2 aliphatic carbocycles. The Bertz CT molecular complexity index is 343. The minimum Gasteiger partial charge on any atom is -0.366 e. The molecule has 3 aliphatic rings. The van der Waals surface area contributed by atoms with Crippen LogP contribution in [0.3, 0.4) is 0 Å². The van der Waals surface area contributed by atoms with E-state index < -0.39 is 0 Å². The van der Waals surface area contributed by atoms with Crippen molar-refractivity contribution in [2.24, 2.45) is 11.3 Å². The van der Waals surface area contributed by atoms with Gasteiger partial charge in [-0.25, -0.2) is 0 Å². The molecule has 21 heavy (non-hydrogen) atoms. The molecule has 3 fully saturated rings. The SMILES string of the molecule is CCC(C)(C)C1CCC2(CC1)CNCC1(CCCCC1)O2. The number of hydrogen-bond donors (Lipinski definition) is 1. The molecule has 1 aliphatic heterocycles. The van der Waals surface area contributed by atoms with Crippen molar-refractivity contribution in [3.63, 3.8) is 0 Å². The average Bonchev–Trinajstić information content (AvgIpc) is 2.48. The predicted molar refractivity (Wildman–Crippen MR) is 88.5 cm³/mol. The van der Waals surface area contributed by atoms with Gasteiger partial charge in [0.2, 0.25) is 0 Å². The third-order valence-corrected chi connectivity index (χ3v) is 7.01. The Morgan fingerprint density at radius 2 is 1.52 bits per heavy atom. The molecular formula is C19H35NO. The summed E-state index contributed by atoms with van der Waals surface area (Å²) in [4.78, 5) is 0. The molecule has 2 spiro atoms. The molecule has 122 valence electrons. The summed E-state index contributed by atoms with van der Waals surface area (Å²) in [5, 5.41) is 3.75. The summed E-state index contributed by atoms with van der Waals surface area (Å²) in [5.74, 6) is 0.890. The lowest BCUT2D eigenvalue weighted by molar-refractivity contribution is -0.208. The summed E-state index contributed by atoms with van der Waals surface area (Å²) in [6, 6.07) is 0. The standard InChI is InChI=1S/C19H35NO/c1-4-17(2,3)16-8-12-19(13-9-16)15-20-14-18(21-19)10-6-5-7-11-18/h16,20H,4-15H2,1-3H3. The van der Waals surface area contributed by atoms with Crippen LogP contribution in [0.25, 0.3) is 0 Å². The van der Waals surface area contributed by atoms with E-state index in [1.165, 1.54) is 64.2 Å². The van der Waals surface area contributed by atoms with Gasteiger partial charge in [-0.2, -0.15) is 0 Å². The van der Waals surface area contributed by atoms with Gasteiger partial charge in [-0.05, 0) is 49.9 Å². The van der Waals surface area contributed by atoms with E-state index in [1.54, 1.807) is 0 Å². The molecule has 0 unspecified atom stereocenters. The van der Waals surface area contributed by atoms with Crippen LogP contribution in [0.5, 0.6) is 0 Å². The highest BCUT2D eigenvalue weighted by atomic mass is 16.5. The second-order valence-corrected chi connectivity index (χ2v) is 8.75. The largest absolute Gasteiger partial charge is 0.366 e. The van der Waals surface area contributed by atoms with E-state index in [1.807, 2.05) is 0 Å². The first-order chi connectivity index (χ1) is 9.99. The van der Waals surface area contributed by atoms with E-state index >= 15 is 0 Å². The van der Waals surface area contributed by atoms with Crippen molar-refractivity contribution in [1.82, 2.24) is 5.32 Å². The molecule has 2 nitrogen and oxygen atoms in total. The lowest BCUT2D eigenvalue weighted by Gasteiger charge is -2.54. The van der Waals surface area contributed by atoms with Crippen molar-refractivity contribution in [3.05, 3.63) is 0 Å². The zero-order valence-electron chi connectivity index (χ0n) is 14.5. The van der Waals surface area contributed by atoms with Crippen LogP contribution in [0.2, 0.25) is 0 Å². The topological polar surface area (TPSA) is 21.3 Å². The number of ether oxygens (including phenoxy) is 1. The van der Waals surface area contributed by atoms with Crippen LogP contribution in [0.15, 0.2) is 0 Å². The van der Waals surface area contributed by atoms with Crippen LogP contribution < -0.4 is 5.32 Å². The van der Waals surface area contributed by atoms with Gasteiger partial charge in [-0.15, -0.1) is 0 Å². The van der Waals surface area contributed by atoms with Crippen molar-refractivity contribution < 1.29 is 4.74 Å². The number of morpholine rings is 1. The molecule has 0 amide bonds. The summed E-state index contributed by atoms with van der Waals surface area (Å²) < 4.78 is 6.88. The highest BCUT2D eigenvalue weighted by molar-refractivity contribution is 5.01. The van der Waals surface area contributed by atoms with Crippen LogP contribution in [0.1, 0.15) is 85.0 Å². The van der Waals surface area contributed by atoms with Gasteiger partial charge >= 0.3 is 0 Å². The van der Waals surface area contributed by atoms with E-state index in [9.17, 15) is 0 Å². The molecule has 1 N–H and O–H groups in total. The fraction of sp³-hybridized carbons (Fsp3) is 1.00. The van der Waals surface area contributed by atoms with Gasteiger partial charge in [0.25, 0.3) is 0 Å². The van der Waals surface area contributed by atoms with E-state index in [-0.39, 0.29) is 11.2 Å². The van der Waals surface area contributed by atoms with Gasteiger partial charge in [0, 0.05) is 13.1 Å². The Morgan fingerprint density at radius 1 is 0.952 bits per heavy atom. The average molecular weight is 293 g/mol. The molecule has 0 aromatic heterocycles. The lowest BCUT2D eigenvalue weighted by atomic mass is 9.65. The van der Waals surface area contributed by atoms with Gasteiger partial charge in [0.15, 0.2) is 0 Å². The molecule has 2 saturated carbocycles. The zero-order valence-corrected chi connectivity index (χ0v) is 14.5. The summed E-state index contributed by atoms with van der Waals surface area (Å²) >= 11 is 0. The molecule has 2 heteroatoms. The van der Waals surface area contributed by atoms with Gasteiger partial charge < -0.3 is 10.1 Å². The molecule has 0 radical (unpaired) electrons. The Labute approximate surface area is 131 Å². The maximum Gasteiger partial charge on any atom is 0.0814 e. The quantitative estimate of drug-likeness (QED) is 0.798. The fourth-order valence-corrected chi connectivity index (χ4v) is 5.02. The first kappa shape index (κ1) is 15.8. The summed E-state index contributed by atoms with van der Waals surface area (Å²) in [6.07, 6.45) is 13.3. The third-order valence-electron chi connectivity index (χ3n) is 7.01. The molecule has 0 bridgehead atoms. The highest BCUT2D eigenvalue weighted by Crippen LogP contribution is 2.48. The maximum absolute atomic E-state index is 6.88. The normalized spacial score (nSPS) is 37.0. The van der Waals surface area contributed by atoms with Crippen LogP contribution >= 0.6 is 0 Å². The van der Waals surface area contributed by atoms with Crippen LogP contribution in [-0.4, -0.2) is 24.3 Å². The summed E-state index contributed by atoms with van der Waals surface area (Å²) in [5.41, 5.74) is 0.853. The molecular weight excluding hydrogens is 258 g/mol. The summed E-state index contributed by atoms with van der Waals surface area (Å²) in [6.45, 7) is 9.45. The zero-order chi connectivity index (χ0) is 15.0. The Kier molecular flexibility index (Phi) is 4.40. The minimum atomic E-state index is 0.163. The monoisotopic (exact) mass is 293 g/mol. The van der Waals surface area contributed by atoms with Gasteiger partial charge in [-0.3, -0.25) is 0 Å². The van der Waals surface area contributed by atoms with Crippen molar-refractivity contribution in [2.45, 2.75) is 96.2 Å². The molecule has 0 atom stereocenters. The highest BCUT2D eigenvalue weighted by Gasteiger charge is 2.48. The van der Waals surface area contributed by atoms with Crippen LogP contribution in [-0.2, 0) is 4.74 Å². The van der Waals surface area contributed by atoms with E-state index in [0.29, 0.717) is 5.41 Å². The minimum absolute atomic E-state index is 0.163. The number of hydrogen-bond acceptors (Lipinski definition) is 2. The predicted octanol–water partition coefficient (Wildman–Crippen LogP) is 4.67. The Hall–Kier alpha value is -0.0800. The van der Waals surface area contributed by atoms with Gasteiger partial charge in [-0.1, -0.05) is 46.5 Å². The second-order valence-electron chi connectivity index (χ2n) is 8.75. The van der Waals surface area contributed by atoms with Crippen LogP contribution in [0.4, 0.5) is 0 Å². The number of nitrogens with one attached hydrogen (secondary N) is 1. The summed E-state index contributed by atoms with van der Waals surface area (Å²) in [7, 11) is 0. The second kappa shape index (κ2) is 5.85. The molecule has 1 saturated heterocycles. The molecule has 3 rings (SSSR count). The van der Waals surface area contributed by atoms with Crippen molar-refractivity contribution >= 4 is 0 Å². The van der Waals surface area contributed by atoms with Crippen molar-refractivity contribution in [1.29, 1.82) is 0 Å². The van der Waals surface area contributed by atoms with Crippen molar-refractivity contribution in [3.8, 4) is 0 Å². The van der Waals surface area contributed by atoms with Crippen molar-refractivity contribution in [2.75, 3.05) is 13.1 Å². The third kappa shape index (κ3) is 3.17. The smallest absolute Gasteiger partial charge is 0.0814 e. The molecule has 1 heterocycles. The Balaban J connectivity index is 1.64. The van der Waals surface area contributed by atoms with Gasteiger partial charge in [0.05, 0.1) is 11.2 Å². The van der Waals surface area contributed by atoms with Gasteiger partial charge in [0.1, 0.15) is 0 Å². The fourth-order valence-electron chi connectivity index (χ4n) is 5.02. The molecule has 0 aromatic rings. The first-order valence-electron chi connectivity index (χ1n) is 9.40.